The summed E-state index contributed by atoms with van der Waals surface area (Å²) in [6.07, 6.45) is 9.43. The second-order valence-electron chi connectivity index (χ2n) is 7.14. The summed E-state index contributed by atoms with van der Waals surface area (Å²) in [4.78, 5) is 6.42. The first-order valence-electron chi connectivity index (χ1n) is 8.90. The van der Waals surface area contributed by atoms with Gasteiger partial charge in [0.1, 0.15) is 5.82 Å². The first-order chi connectivity index (χ1) is 11.1. The van der Waals surface area contributed by atoms with Gasteiger partial charge in [-0.3, -0.25) is 4.90 Å². The molecule has 1 aliphatic heterocycles. The third-order valence-electron chi connectivity index (χ3n) is 5.13. The van der Waals surface area contributed by atoms with Gasteiger partial charge < -0.3 is 15.6 Å². The van der Waals surface area contributed by atoms with Crippen molar-refractivity contribution in [1.82, 2.24) is 9.88 Å². The first kappa shape index (κ1) is 16.7. The summed E-state index contributed by atoms with van der Waals surface area (Å²) in [6.45, 7) is 3.41. The highest BCUT2D eigenvalue weighted by Gasteiger charge is 2.33. The number of nitrogens with two attached hydrogens (primary N) is 1. The monoisotopic (exact) mass is 319 g/mol. The molecule has 3 N–H and O–H groups in total. The molecule has 5 heteroatoms. The van der Waals surface area contributed by atoms with E-state index in [4.69, 9.17) is 10.5 Å². The van der Waals surface area contributed by atoms with Gasteiger partial charge in [0.05, 0.1) is 18.3 Å². The summed E-state index contributed by atoms with van der Waals surface area (Å²) >= 11 is 0. The summed E-state index contributed by atoms with van der Waals surface area (Å²) in [6, 6.07) is 3.95. The number of ether oxygens (including phenoxy) is 1. The Balaban J connectivity index is 1.48. The number of aryl methyl sites for hydroxylation is 1. The molecule has 0 bridgehead atoms. The molecule has 1 saturated carbocycles. The lowest BCUT2D eigenvalue weighted by atomic mass is 9.84. The van der Waals surface area contributed by atoms with E-state index >= 15 is 0 Å². The standard InChI is InChI=1S/C18H29N3O2/c19-17-12-15(6-9-20-17)4-5-16-13-21(10-11-23-16)14-18(22)7-2-1-3-8-18/h6,9,12,16,22H,1-5,7-8,10-11,13-14H2,(H2,19,20)/t16-/m0/s1. The van der Waals surface area contributed by atoms with Crippen LogP contribution in [0.25, 0.3) is 0 Å². The molecule has 0 aromatic carbocycles. The maximum Gasteiger partial charge on any atom is 0.123 e. The molecule has 2 heterocycles. The Hall–Kier alpha value is -1.17. The fourth-order valence-electron chi connectivity index (χ4n) is 3.86. The molecular weight excluding hydrogens is 290 g/mol. The SMILES string of the molecule is Nc1cc(CC[C@H]2CN(CC3(O)CCCCC3)CCO2)ccn1. The molecule has 3 rings (SSSR count). The van der Waals surface area contributed by atoms with Crippen molar-refractivity contribution in [3.05, 3.63) is 23.9 Å². The normalized spacial score (nSPS) is 25.3. The molecule has 2 fully saturated rings. The van der Waals surface area contributed by atoms with Crippen molar-refractivity contribution in [3.8, 4) is 0 Å². The van der Waals surface area contributed by atoms with Gasteiger partial charge in [0.15, 0.2) is 0 Å². The van der Waals surface area contributed by atoms with Gasteiger partial charge in [-0.05, 0) is 43.4 Å². The number of aromatic nitrogens is 1. The van der Waals surface area contributed by atoms with Crippen LogP contribution in [0.1, 0.15) is 44.1 Å². The molecule has 0 amide bonds. The van der Waals surface area contributed by atoms with Crippen LogP contribution in [-0.2, 0) is 11.2 Å². The molecule has 23 heavy (non-hydrogen) atoms. The Labute approximate surface area is 138 Å². The molecule has 5 nitrogen and oxygen atoms in total. The molecule has 2 aliphatic rings. The number of hydrogen-bond donors (Lipinski definition) is 2. The summed E-state index contributed by atoms with van der Waals surface area (Å²) in [5.41, 5.74) is 6.47. The average molecular weight is 319 g/mol. The van der Waals surface area contributed by atoms with Gasteiger partial charge in [0.2, 0.25) is 0 Å². The van der Waals surface area contributed by atoms with Crippen LogP contribution in [0.2, 0.25) is 0 Å². The predicted octanol–water partition coefficient (Wildman–Crippen LogP) is 1.99. The zero-order valence-corrected chi connectivity index (χ0v) is 13.9. The molecule has 1 aliphatic carbocycles. The second-order valence-corrected chi connectivity index (χ2v) is 7.14. The quantitative estimate of drug-likeness (QED) is 0.868. The fraction of sp³-hybridized carbons (Fsp3) is 0.722. The molecule has 128 valence electrons. The van der Waals surface area contributed by atoms with E-state index in [0.717, 1.165) is 64.8 Å². The predicted molar refractivity (Wildman–Crippen MR) is 91.2 cm³/mol. The van der Waals surface area contributed by atoms with Crippen molar-refractivity contribution in [2.75, 3.05) is 32.0 Å². The molecule has 1 aromatic rings. The second kappa shape index (κ2) is 7.60. The summed E-state index contributed by atoms with van der Waals surface area (Å²) in [7, 11) is 0. The molecular formula is C18H29N3O2. The lowest BCUT2D eigenvalue weighted by molar-refractivity contribution is -0.0769. The highest BCUT2D eigenvalue weighted by molar-refractivity contribution is 5.31. The third kappa shape index (κ3) is 4.90. The minimum Gasteiger partial charge on any atom is -0.389 e. The number of nitrogens with zero attached hydrogens (tertiary/aromatic N) is 2. The topological polar surface area (TPSA) is 71.6 Å². The van der Waals surface area contributed by atoms with Crippen LogP contribution in [0.3, 0.4) is 0 Å². The van der Waals surface area contributed by atoms with E-state index in [2.05, 4.69) is 9.88 Å². The van der Waals surface area contributed by atoms with E-state index in [9.17, 15) is 5.11 Å². The highest BCUT2D eigenvalue weighted by atomic mass is 16.5. The van der Waals surface area contributed by atoms with Crippen molar-refractivity contribution < 1.29 is 9.84 Å². The van der Waals surface area contributed by atoms with Gasteiger partial charge in [-0.1, -0.05) is 19.3 Å². The third-order valence-corrected chi connectivity index (χ3v) is 5.13. The van der Waals surface area contributed by atoms with Gasteiger partial charge in [-0.2, -0.15) is 0 Å². The van der Waals surface area contributed by atoms with E-state index < -0.39 is 5.60 Å². The Morgan fingerprint density at radius 2 is 2.17 bits per heavy atom. The van der Waals surface area contributed by atoms with Gasteiger partial charge in [0.25, 0.3) is 0 Å². The van der Waals surface area contributed by atoms with Crippen molar-refractivity contribution in [2.24, 2.45) is 0 Å². The van der Waals surface area contributed by atoms with E-state index in [1.165, 1.54) is 12.0 Å². The molecule has 0 radical (unpaired) electrons. The lowest BCUT2D eigenvalue weighted by Gasteiger charge is -2.40. The minimum absolute atomic E-state index is 0.241. The van der Waals surface area contributed by atoms with Crippen LogP contribution in [0.5, 0.6) is 0 Å². The largest absolute Gasteiger partial charge is 0.389 e. The molecule has 0 spiro atoms. The van der Waals surface area contributed by atoms with Gasteiger partial charge in [-0.25, -0.2) is 4.98 Å². The van der Waals surface area contributed by atoms with Crippen LogP contribution < -0.4 is 5.73 Å². The van der Waals surface area contributed by atoms with Crippen molar-refractivity contribution in [1.29, 1.82) is 0 Å². The number of morpholine rings is 1. The first-order valence-corrected chi connectivity index (χ1v) is 8.90. The van der Waals surface area contributed by atoms with Crippen LogP contribution in [0, 0.1) is 0 Å². The van der Waals surface area contributed by atoms with Gasteiger partial charge in [-0.15, -0.1) is 0 Å². The van der Waals surface area contributed by atoms with Crippen LogP contribution in [0.15, 0.2) is 18.3 Å². The molecule has 0 unspecified atom stereocenters. The average Bonchev–Trinajstić information content (AvgIpc) is 2.54. The summed E-state index contributed by atoms with van der Waals surface area (Å²) < 4.78 is 5.91. The molecule has 1 saturated heterocycles. The van der Waals surface area contributed by atoms with E-state index in [-0.39, 0.29) is 6.10 Å². The molecule has 1 atom stereocenters. The highest BCUT2D eigenvalue weighted by Crippen LogP contribution is 2.29. The number of pyridine rings is 1. The maximum atomic E-state index is 10.7. The minimum atomic E-state index is -0.473. The van der Waals surface area contributed by atoms with E-state index in [0.29, 0.717) is 5.82 Å². The zero-order chi connectivity index (χ0) is 16.1. The van der Waals surface area contributed by atoms with Crippen LogP contribution in [0.4, 0.5) is 5.82 Å². The summed E-state index contributed by atoms with van der Waals surface area (Å²) in [5, 5.41) is 10.7. The smallest absolute Gasteiger partial charge is 0.123 e. The summed E-state index contributed by atoms with van der Waals surface area (Å²) in [5.74, 6) is 0.577. The van der Waals surface area contributed by atoms with Crippen molar-refractivity contribution >= 4 is 5.82 Å². The zero-order valence-electron chi connectivity index (χ0n) is 13.9. The van der Waals surface area contributed by atoms with E-state index in [1.807, 2.05) is 12.1 Å². The number of hydrogen-bond acceptors (Lipinski definition) is 5. The lowest BCUT2D eigenvalue weighted by Crippen LogP contribution is -2.50. The van der Waals surface area contributed by atoms with Gasteiger partial charge in [0, 0.05) is 25.8 Å². The number of aliphatic hydroxyl groups is 1. The fourth-order valence-corrected chi connectivity index (χ4v) is 3.86. The number of β-amino-alcohol motifs (C(OH)–C–C–N with tert-alkyl or cyclic N) is 1. The van der Waals surface area contributed by atoms with Gasteiger partial charge >= 0.3 is 0 Å². The number of nitrogen functional groups attached to an aromatic ring is 1. The van der Waals surface area contributed by atoms with Crippen LogP contribution >= 0.6 is 0 Å². The van der Waals surface area contributed by atoms with Crippen molar-refractivity contribution in [2.45, 2.75) is 56.7 Å². The van der Waals surface area contributed by atoms with Crippen molar-refractivity contribution in [3.63, 3.8) is 0 Å². The molecule has 1 aromatic heterocycles. The Bertz CT molecular complexity index is 503. The maximum absolute atomic E-state index is 10.7. The Kier molecular flexibility index (Phi) is 5.51. The van der Waals surface area contributed by atoms with E-state index in [1.54, 1.807) is 6.20 Å². The number of anilines is 1. The Morgan fingerprint density at radius 1 is 1.35 bits per heavy atom. The number of rotatable bonds is 5. The Morgan fingerprint density at radius 3 is 2.96 bits per heavy atom. The van der Waals surface area contributed by atoms with Crippen LogP contribution in [-0.4, -0.2) is 52.9 Å².